The summed E-state index contributed by atoms with van der Waals surface area (Å²) in [4.78, 5) is 11.0. The van der Waals surface area contributed by atoms with Gasteiger partial charge in [-0.3, -0.25) is 4.79 Å². The molecule has 92 valence electrons. The summed E-state index contributed by atoms with van der Waals surface area (Å²) in [6.45, 7) is 0.768. The number of aromatic nitrogens is 1. The van der Waals surface area contributed by atoms with Gasteiger partial charge < -0.3 is 9.30 Å². The molecule has 0 N–H and O–H groups in total. The van der Waals surface area contributed by atoms with Gasteiger partial charge in [-0.15, -0.1) is 0 Å². The van der Waals surface area contributed by atoms with Gasteiger partial charge in [-0.2, -0.15) is 5.26 Å². The fraction of sp³-hybridized carbons (Fsp3) is 0.286. The number of hydrogen-bond acceptors (Lipinski definition) is 3. The highest BCUT2D eigenvalue weighted by Crippen LogP contribution is 2.18. The van der Waals surface area contributed by atoms with Gasteiger partial charge in [0.1, 0.15) is 0 Å². The Bertz CT molecular complexity index is 608. The number of carbonyl (C=O) groups excluding carboxylic acids is 1. The smallest absolute Gasteiger partial charge is 0.305 e. The third-order valence-corrected chi connectivity index (χ3v) is 2.91. The third kappa shape index (κ3) is 2.51. The Balaban J connectivity index is 2.10. The number of nitrogens with zero attached hydrogens (tertiary/aromatic N) is 2. The van der Waals surface area contributed by atoms with Crippen molar-refractivity contribution in [1.82, 2.24) is 4.57 Å². The molecule has 0 aliphatic rings. The molecule has 0 bridgehead atoms. The molecule has 0 aliphatic carbocycles. The predicted octanol–water partition coefficient (Wildman–Crippen LogP) is 2.47. The molecule has 0 unspecified atom stereocenters. The van der Waals surface area contributed by atoms with E-state index in [0.29, 0.717) is 12.0 Å². The molecule has 0 saturated heterocycles. The molecule has 0 spiro atoms. The molecular formula is C14H14N2O2. The Labute approximate surface area is 105 Å². The average molecular weight is 242 g/mol. The molecule has 18 heavy (non-hydrogen) atoms. The molecule has 2 aromatic rings. The fourth-order valence-corrected chi connectivity index (χ4v) is 1.96. The molecule has 0 saturated carbocycles. The summed E-state index contributed by atoms with van der Waals surface area (Å²) in [6, 6.07) is 9.71. The maximum absolute atomic E-state index is 11.0. The lowest BCUT2D eigenvalue weighted by Crippen LogP contribution is -2.03. The minimum atomic E-state index is -0.182. The van der Waals surface area contributed by atoms with E-state index in [1.807, 2.05) is 24.4 Å². The SMILES string of the molecule is COC(=O)CCCn1ccc2cc(C#N)ccc21. The van der Waals surface area contributed by atoms with Gasteiger partial charge in [0.25, 0.3) is 0 Å². The standard InChI is InChI=1S/C14H14N2O2/c1-18-14(17)3-2-7-16-8-6-12-9-11(10-15)4-5-13(12)16/h4-6,8-9H,2-3,7H2,1H3. The minimum Gasteiger partial charge on any atom is -0.469 e. The number of ether oxygens (including phenoxy) is 1. The van der Waals surface area contributed by atoms with Crippen molar-refractivity contribution in [3.63, 3.8) is 0 Å². The van der Waals surface area contributed by atoms with E-state index in [-0.39, 0.29) is 5.97 Å². The quantitative estimate of drug-likeness (QED) is 0.774. The summed E-state index contributed by atoms with van der Waals surface area (Å²) in [5.74, 6) is -0.182. The van der Waals surface area contributed by atoms with Crippen molar-refractivity contribution < 1.29 is 9.53 Å². The Kier molecular flexibility index (Phi) is 3.63. The van der Waals surface area contributed by atoms with Crippen LogP contribution in [0.4, 0.5) is 0 Å². The number of esters is 1. The number of carbonyl (C=O) groups is 1. The largest absolute Gasteiger partial charge is 0.469 e. The lowest BCUT2D eigenvalue weighted by Gasteiger charge is -2.04. The summed E-state index contributed by atoms with van der Waals surface area (Å²) in [6.07, 6.45) is 3.14. The lowest BCUT2D eigenvalue weighted by molar-refractivity contribution is -0.140. The van der Waals surface area contributed by atoms with Gasteiger partial charge in [0.15, 0.2) is 0 Å². The maximum Gasteiger partial charge on any atom is 0.305 e. The normalized spacial score (nSPS) is 10.2. The number of aryl methyl sites for hydroxylation is 1. The second-order valence-electron chi connectivity index (χ2n) is 4.07. The van der Waals surface area contributed by atoms with Crippen molar-refractivity contribution in [2.75, 3.05) is 7.11 Å². The van der Waals surface area contributed by atoms with E-state index >= 15 is 0 Å². The summed E-state index contributed by atoms with van der Waals surface area (Å²) < 4.78 is 6.69. The second-order valence-corrected chi connectivity index (χ2v) is 4.07. The monoisotopic (exact) mass is 242 g/mol. The number of methoxy groups -OCH3 is 1. The van der Waals surface area contributed by atoms with Gasteiger partial charge in [0.05, 0.1) is 18.7 Å². The van der Waals surface area contributed by atoms with Crippen LogP contribution in [-0.4, -0.2) is 17.6 Å². The van der Waals surface area contributed by atoms with Crippen LogP contribution in [0.25, 0.3) is 10.9 Å². The van der Waals surface area contributed by atoms with Crippen molar-refractivity contribution in [2.24, 2.45) is 0 Å². The molecule has 0 radical (unpaired) electrons. The molecule has 0 atom stereocenters. The van der Waals surface area contributed by atoms with Crippen LogP contribution in [0.2, 0.25) is 0 Å². The molecule has 1 aromatic heterocycles. The van der Waals surface area contributed by atoms with Gasteiger partial charge >= 0.3 is 5.97 Å². The Morgan fingerprint density at radius 3 is 3.00 bits per heavy atom. The zero-order chi connectivity index (χ0) is 13.0. The van der Waals surface area contributed by atoms with E-state index in [1.54, 1.807) is 6.07 Å². The molecule has 4 nitrogen and oxygen atoms in total. The van der Waals surface area contributed by atoms with Gasteiger partial charge in [-0.05, 0) is 30.7 Å². The minimum absolute atomic E-state index is 0.182. The zero-order valence-electron chi connectivity index (χ0n) is 10.2. The van der Waals surface area contributed by atoms with Crippen LogP contribution in [0.1, 0.15) is 18.4 Å². The number of fused-ring (bicyclic) bond motifs is 1. The van der Waals surface area contributed by atoms with Crippen LogP contribution >= 0.6 is 0 Å². The lowest BCUT2D eigenvalue weighted by atomic mass is 10.2. The van der Waals surface area contributed by atoms with E-state index in [1.165, 1.54) is 7.11 Å². The number of benzene rings is 1. The van der Waals surface area contributed by atoms with Crippen molar-refractivity contribution in [1.29, 1.82) is 5.26 Å². The Hall–Kier alpha value is -2.28. The molecule has 0 aliphatic heterocycles. The van der Waals surface area contributed by atoms with Crippen molar-refractivity contribution in [3.05, 3.63) is 36.0 Å². The average Bonchev–Trinajstić information content (AvgIpc) is 2.81. The first-order chi connectivity index (χ1) is 8.74. The van der Waals surface area contributed by atoms with Gasteiger partial charge in [0.2, 0.25) is 0 Å². The Morgan fingerprint density at radius 2 is 2.28 bits per heavy atom. The summed E-state index contributed by atoms with van der Waals surface area (Å²) in [7, 11) is 1.40. The predicted molar refractivity (Wildman–Crippen MR) is 67.9 cm³/mol. The molecule has 1 aromatic carbocycles. The summed E-state index contributed by atoms with van der Waals surface area (Å²) in [5, 5.41) is 9.87. The van der Waals surface area contributed by atoms with Crippen molar-refractivity contribution >= 4 is 16.9 Å². The van der Waals surface area contributed by atoms with E-state index < -0.39 is 0 Å². The molecule has 0 fully saturated rings. The molecule has 0 amide bonds. The third-order valence-electron chi connectivity index (χ3n) is 2.91. The molecule has 2 rings (SSSR count). The van der Waals surface area contributed by atoms with Gasteiger partial charge in [0, 0.05) is 30.1 Å². The molecular weight excluding hydrogens is 228 g/mol. The topological polar surface area (TPSA) is 55.0 Å². The first-order valence-electron chi connectivity index (χ1n) is 5.80. The fourth-order valence-electron chi connectivity index (χ4n) is 1.96. The van der Waals surface area contributed by atoms with E-state index in [0.717, 1.165) is 23.9 Å². The summed E-state index contributed by atoms with van der Waals surface area (Å²) in [5.41, 5.74) is 1.74. The van der Waals surface area contributed by atoms with Crippen LogP contribution in [0.15, 0.2) is 30.5 Å². The summed E-state index contributed by atoms with van der Waals surface area (Å²) >= 11 is 0. The highest BCUT2D eigenvalue weighted by molar-refractivity contribution is 5.81. The highest BCUT2D eigenvalue weighted by atomic mass is 16.5. The van der Waals surface area contributed by atoms with Crippen LogP contribution in [0, 0.1) is 11.3 Å². The van der Waals surface area contributed by atoms with Crippen molar-refractivity contribution in [3.8, 4) is 6.07 Å². The van der Waals surface area contributed by atoms with Crippen LogP contribution in [0.3, 0.4) is 0 Å². The first kappa shape index (κ1) is 12.2. The maximum atomic E-state index is 11.0. The second kappa shape index (κ2) is 5.37. The number of hydrogen-bond donors (Lipinski definition) is 0. The van der Waals surface area contributed by atoms with E-state index in [9.17, 15) is 4.79 Å². The van der Waals surface area contributed by atoms with Crippen LogP contribution in [-0.2, 0) is 16.1 Å². The first-order valence-corrected chi connectivity index (χ1v) is 5.80. The number of nitriles is 1. The number of rotatable bonds is 4. The van der Waals surface area contributed by atoms with Crippen molar-refractivity contribution in [2.45, 2.75) is 19.4 Å². The molecule has 4 heteroatoms. The van der Waals surface area contributed by atoms with Crippen LogP contribution < -0.4 is 0 Å². The van der Waals surface area contributed by atoms with E-state index in [2.05, 4.69) is 15.4 Å². The van der Waals surface area contributed by atoms with Crippen LogP contribution in [0.5, 0.6) is 0 Å². The molecule has 1 heterocycles. The van der Waals surface area contributed by atoms with Gasteiger partial charge in [-0.1, -0.05) is 0 Å². The Morgan fingerprint density at radius 1 is 1.44 bits per heavy atom. The zero-order valence-corrected chi connectivity index (χ0v) is 10.2. The highest BCUT2D eigenvalue weighted by Gasteiger charge is 2.04. The van der Waals surface area contributed by atoms with E-state index in [4.69, 9.17) is 5.26 Å². The van der Waals surface area contributed by atoms with Gasteiger partial charge in [-0.25, -0.2) is 0 Å².